The Kier molecular flexibility index (Phi) is 2.86. The fourth-order valence-electron chi connectivity index (χ4n) is 2.99. The van der Waals surface area contributed by atoms with Crippen LogP contribution in [0.25, 0.3) is 0 Å². The number of carbonyl (C=O) groups excluding carboxylic acids is 1. The van der Waals surface area contributed by atoms with Crippen molar-refractivity contribution in [1.82, 2.24) is 15.1 Å². The fraction of sp³-hybridized carbons (Fsp3) is 0.917. The zero-order valence-electron chi connectivity index (χ0n) is 10.8. The Morgan fingerprint density at radius 1 is 1.31 bits per heavy atom. The zero-order chi connectivity index (χ0) is 11.9. The molecule has 2 bridgehead atoms. The molecule has 2 saturated heterocycles. The molecule has 0 aromatic rings. The highest BCUT2D eigenvalue weighted by Gasteiger charge is 2.48. The van der Waals surface area contributed by atoms with Gasteiger partial charge >= 0.3 is 6.03 Å². The maximum absolute atomic E-state index is 11.8. The summed E-state index contributed by atoms with van der Waals surface area (Å²) in [7, 11) is 0. The van der Waals surface area contributed by atoms with Crippen molar-refractivity contribution in [3.8, 4) is 0 Å². The van der Waals surface area contributed by atoms with Crippen LogP contribution >= 0.6 is 0 Å². The van der Waals surface area contributed by atoms with E-state index in [1.165, 1.54) is 0 Å². The Hall–Kier alpha value is -0.770. The van der Waals surface area contributed by atoms with Crippen molar-refractivity contribution in [3.63, 3.8) is 0 Å². The van der Waals surface area contributed by atoms with Gasteiger partial charge in [0, 0.05) is 37.3 Å². The third-order valence-corrected chi connectivity index (χ3v) is 3.69. The number of rotatable bonds is 1. The summed E-state index contributed by atoms with van der Waals surface area (Å²) in [5, 5.41) is 2.89. The third-order valence-electron chi connectivity index (χ3n) is 3.69. The van der Waals surface area contributed by atoms with Crippen LogP contribution in [0.2, 0.25) is 0 Å². The van der Waals surface area contributed by atoms with E-state index in [9.17, 15) is 4.79 Å². The zero-order valence-corrected chi connectivity index (χ0v) is 10.8. The average molecular weight is 225 g/mol. The van der Waals surface area contributed by atoms with Gasteiger partial charge in [0.05, 0.1) is 0 Å². The quantitative estimate of drug-likeness (QED) is 0.729. The van der Waals surface area contributed by atoms with E-state index in [1.54, 1.807) is 0 Å². The molecule has 2 heterocycles. The van der Waals surface area contributed by atoms with Crippen molar-refractivity contribution < 1.29 is 4.79 Å². The number of hydrogen-bond acceptors (Lipinski definition) is 2. The number of likely N-dealkylation sites (tertiary alicyclic amines) is 2. The van der Waals surface area contributed by atoms with Crippen molar-refractivity contribution in [2.75, 3.05) is 19.6 Å². The first-order valence-corrected chi connectivity index (χ1v) is 6.24. The molecule has 0 aliphatic carbocycles. The van der Waals surface area contributed by atoms with Crippen LogP contribution in [-0.4, -0.2) is 53.1 Å². The van der Waals surface area contributed by atoms with Crippen molar-refractivity contribution in [2.24, 2.45) is 0 Å². The van der Waals surface area contributed by atoms with E-state index in [4.69, 9.17) is 0 Å². The summed E-state index contributed by atoms with van der Waals surface area (Å²) in [4.78, 5) is 16.3. The molecule has 92 valence electrons. The van der Waals surface area contributed by atoms with Crippen molar-refractivity contribution >= 4 is 6.03 Å². The lowest BCUT2D eigenvalue weighted by atomic mass is 10.0. The van der Waals surface area contributed by atoms with Crippen LogP contribution in [0.1, 0.15) is 34.1 Å². The second kappa shape index (κ2) is 3.91. The molecule has 2 rings (SSSR count). The van der Waals surface area contributed by atoms with Crippen molar-refractivity contribution in [3.05, 3.63) is 0 Å². The lowest BCUT2D eigenvalue weighted by Gasteiger charge is -2.41. The number of nitrogens with one attached hydrogen (secondary N) is 1. The summed E-state index contributed by atoms with van der Waals surface area (Å²) in [6, 6.07) is 1.10. The van der Waals surface area contributed by atoms with Gasteiger partial charge in [-0.1, -0.05) is 0 Å². The maximum Gasteiger partial charge on any atom is 0.317 e. The summed E-state index contributed by atoms with van der Waals surface area (Å²) < 4.78 is 0. The molecule has 0 aromatic heterocycles. The fourth-order valence-corrected chi connectivity index (χ4v) is 2.99. The second-order valence-corrected chi connectivity index (χ2v) is 5.85. The first kappa shape index (κ1) is 11.7. The van der Waals surface area contributed by atoms with Crippen LogP contribution < -0.4 is 5.32 Å². The molecule has 0 spiro atoms. The monoisotopic (exact) mass is 225 g/mol. The van der Waals surface area contributed by atoms with E-state index >= 15 is 0 Å². The molecule has 0 unspecified atom stereocenters. The number of nitrogens with zero attached hydrogens (tertiary/aromatic N) is 2. The predicted octanol–water partition coefficient (Wildman–Crippen LogP) is 1.27. The molecule has 2 atom stereocenters. The first-order chi connectivity index (χ1) is 7.43. The van der Waals surface area contributed by atoms with Gasteiger partial charge in [0.2, 0.25) is 0 Å². The highest BCUT2D eigenvalue weighted by atomic mass is 16.2. The highest BCUT2D eigenvalue weighted by Crippen LogP contribution is 2.35. The largest absolute Gasteiger partial charge is 0.338 e. The maximum atomic E-state index is 11.8. The molecule has 16 heavy (non-hydrogen) atoms. The minimum Gasteiger partial charge on any atom is -0.338 e. The minimum atomic E-state index is 0.114. The molecular weight excluding hydrogens is 202 g/mol. The van der Waals surface area contributed by atoms with Crippen LogP contribution in [0.3, 0.4) is 0 Å². The van der Waals surface area contributed by atoms with Gasteiger partial charge in [-0.2, -0.15) is 0 Å². The van der Waals surface area contributed by atoms with Gasteiger partial charge in [0.25, 0.3) is 0 Å². The Bertz CT molecular complexity index is 284. The number of piperazine rings is 1. The lowest BCUT2D eigenvalue weighted by Crippen LogP contribution is -2.56. The first-order valence-electron chi connectivity index (χ1n) is 6.24. The van der Waals surface area contributed by atoms with Crippen LogP contribution in [0.5, 0.6) is 0 Å². The molecule has 0 saturated carbocycles. The molecule has 1 N–H and O–H groups in total. The van der Waals surface area contributed by atoms with E-state index in [1.807, 2.05) is 11.8 Å². The van der Waals surface area contributed by atoms with E-state index in [2.05, 4.69) is 31.0 Å². The van der Waals surface area contributed by atoms with Crippen LogP contribution in [0, 0.1) is 0 Å². The summed E-state index contributed by atoms with van der Waals surface area (Å²) in [6.45, 7) is 11.4. The van der Waals surface area contributed by atoms with Crippen molar-refractivity contribution in [1.29, 1.82) is 0 Å². The van der Waals surface area contributed by atoms with Gasteiger partial charge in [0.1, 0.15) is 0 Å². The summed E-state index contributed by atoms with van der Waals surface area (Å²) in [6.07, 6.45) is 1.15. The number of hydrogen-bond donors (Lipinski definition) is 1. The van der Waals surface area contributed by atoms with Gasteiger partial charge in [-0.25, -0.2) is 4.79 Å². The van der Waals surface area contributed by atoms with Gasteiger partial charge < -0.3 is 10.2 Å². The van der Waals surface area contributed by atoms with Gasteiger partial charge in [-0.05, 0) is 34.1 Å². The molecular formula is C12H23N3O. The normalized spacial score (nSPS) is 29.9. The topological polar surface area (TPSA) is 35.6 Å². The predicted molar refractivity (Wildman–Crippen MR) is 64.4 cm³/mol. The summed E-state index contributed by atoms with van der Waals surface area (Å²) in [5.41, 5.74) is 0.229. The molecule has 0 aromatic carbocycles. The Morgan fingerprint density at radius 2 is 2.00 bits per heavy atom. The SMILES string of the molecule is CCNC(=O)N1C[C@H]2C[C@@H]1CN2C(C)(C)C. The van der Waals surface area contributed by atoms with Crippen LogP contribution in [0.15, 0.2) is 0 Å². The molecule has 2 amide bonds. The van der Waals surface area contributed by atoms with Gasteiger partial charge in [0.15, 0.2) is 0 Å². The van der Waals surface area contributed by atoms with E-state index in [-0.39, 0.29) is 11.6 Å². The van der Waals surface area contributed by atoms with Gasteiger partial charge in [-0.15, -0.1) is 0 Å². The molecule has 0 radical (unpaired) electrons. The van der Waals surface area contributed by atoms with E-state index in [0.29, 0.717) is 12.1 Å². The molecule has 2 aliphatic rings. The minimum absolute atomic E-state index is 0.114. The lowest BCUT2D eigenvalue weighted by molar-refractivity contribution is 0.0689. The number of amides is 2. The third kappa shape index (κ3) is 1.90. The van der Waals surface area contributed by atoms with Crippen molar-refractivity contribution in [2.45, 2.75) is 51.7 Å². The second-order valence-electron chi connectivity index (χ2n) is 5.85. The standard InChI is InChI=1S/C12H23N3O/c1-5-13-11(16)14-7-10-6-9(14)8-15(10)12(2,3)4/h9-10H,5-8H2,1-4H3,(H,13,16)/t9-,10-/m1/s1. The number of urea groups is 1. The molecule has 2 fully saturated rings. The highest BCUT2D eigenvalue weighted by molar-refractivity contribution is 5.75. The molecule has 4 nitrogen and oxygen atoms in total. The van der Waals surface area contributed by atoms with Crippen LogP contribution in [-0.2, 0) is 0 Å². The Balaban J connectivity index is 1.98. The van der Waals surface area contributed by atoms with E-state index in [0.717, 1.165) is 26.1 Å². The smallest absolute Gasteiger partial charge is 0.317 e. The Labute approximate surface area is 98.0 Å². The summed E-state index contributed by atoms with van der Waals surface area (Å²) >= 11 is 0. The van der Waals surface area contributed by atoms with Crippen LogP contribution in [0.4, 0.5) is 4.79 Å². The Morgan fingerprint density at radius 3 is 2.44 bits per heavy atom. The molecule has 2 aliphatic heterocycles. The average Bonchev–Trinajstić information content (AvgIpc) is 2.74. The number of carbonyl (C=O) groups is 1. The summed E-state index contributed by atoms with van der Waals surface area (Å²) in [5.74, 6) is 0. The molecule has 4 heteroatoms. The van der Waals surface area contributed by atoms with Gasteiger partial charge in [-0.3, -0.25) is 4.90 Å². The number of fused-ring (bicyclic) bond motifs is 2. The van der Waals surface area contributed by atoms with E-state index < -0.39 is 0 Å².